The number of hydrogen-bond acceptors (Lipinski definition) is 2. The van der Waals surface area contributed by atoms with Crippen molar-refractivity contribution in [2.45, 2.75) is 18.8 Å². The van der Waals surface area contributed by atoms with E-state index in [0.29, 0.717) is 5.92 Å². The Hall–Kier alpha value is -1.13. The molecule has 0 bridgehead atoms. The maximum absolute atomic E-state index is 12.0. The molecule has 0 saturated carbocycles. The highest BCUT2D eigenvalue weighted by atomic mass is 79.9. The monoisotopic (exact) mass is 308 g/mol. The lowest BCUT2D eigenvalue weighted by molar-refractivity contribution is 0.453. The lowest BCUT2D eigenvalue weighted by Gasteiger charge is -2.22. The van der Waals surface area contributed by atoms with E-state index in [1.54, 1.807) is 0 Å². The van der Waals surface area contributed by atoms with Crippen LogP contribution >= 0.6 is 17.0 Å². The number of H-pyrrole nitrogens is 1. The van der Waals surface area contributed by atoms with Gasteiger partial charge in [-0.15, -0.1) is 17.0 Å². The summed E-state index contributed by atoms with van der Waals surface area (Å²) in [6, 6.07) is 9.90. The molecule has 2 aromatic rings. The number of aromatic amines is 1. The smallest absolute Gasteiger partial charge is 0.256 e. The van der Waals surface area contributed by atoms with Crippen LogP contribution in [0.1, 0.15) is 24.5 Å². The number of pyridine rings is 1. The molecule has 1 fully saturated rings. The Bertz CT molecular complexity index is 588. The highest BCUT2D eigenvalue weighted by molar-refractivity contribution is 8.93. The summed E-state index contributed by atoms with van der Waals surface area (Å²) < 4.78 is 0. The normalized spacial score (nSPS) is 16.4. The molecule has 0 atom stereocenters. The SMILES string of the molecule is Br.O=c1[nH]c(C2CCNCC2)cc2ccccc12. The van der Waals surface area contributed by atoms with Crippen LogP contribution in [-0.4, -0.2) is 18.1 Å². The van der Waals surface area contributed by atoms with E-state index in [4.69, 9.17) is 0 Å². The summed E-state index contributed by atoms with van der Waals surface area (Å²) in [6.45, 7) is 2.08. The molecule has 1 aliphatic rings. The minimum atomic E-state index is 0. The van der Waals surface area contributed by atoms with Crippen molar-refractivity contribution in [1.82, 2.24) is 10.3 Å². The molecule has 18 heavy (non-hydrogen) atoms. The first-order chi connectivity index (χ1) is 8.34. The summed E-state index contributed by atoms with van der Waals surface area (Å²) in [4.78, 5) is 15.0. The van der Waals surface area contributed by atoms with E-state index < -0.39 is 0 Å². The Labute approximate surface area is 116 Å². The Kier molecular flexibility index (Phi) is 4.19. The first kappa shape index (κ1) is 13.3. The molecule has 2 N–H and O–H groups in total. The van der Waals surface area contributed by atoms with Crippen LogP contribution in [0.4, 0.5) is 0 Å². The van der Waals surface area contributed by atoms with Crippen molar-refractivity contribution in [3.63, 3.8) is 0 Å². The van der Waals surface area contributed by atoms with Gasteiger partial charge in [0.05, 0.1) is 0 Å². The fourth-order valence-electron chi connectivity index (χ4n) is 2.58. The van der Waals surface area contributed by atoms with Crippen molar-refractivity contribution in [2.24, 2.45) is 0 Å². The quantitative estimate of drug-likeness (QED) is 0.850. The molecule has 0 aliphatic carbocycles. The molecule has 0 amide bonds. The fraction of sp³-hybridized carbons (Fsp3) is 0.357. The van der Waals surface area contributed by atoms with Gasteiger partial charge in [0.15, 0.2) is 0 Å². The first-order valence-electron chi connectivity index (χ1n) is 6.17. The van der Waals surface area contributed by atoms with Gasteiger partial charge in [-0.2, -0.15) is 0 Å². The second-order valence-corrected chi connectivity index (χ2v) is 4.67. The van der Waals surface area contributed by atoms with Gasteiger partial charge in [0.1, 0.15) is 0 Å². The zero-order valence-corrected chi connectivity index (χ0v) is 11.8. The van der Waals surface area contributed by atoms with Gasteiger partial charge < -0.3 is 10.3 Å². The van der Waals surface area contributed by atoms with E-state index in [-0.39, 0.29) is 22.5 Å². The number of hydrogen-bond donors (Lipinski definition) is 2. The maximum Gasteiger partial charge on any atom is 0.256 e. The van der Waals surface area contributed by atoms with Gasteiger partial charge in [0.2, 0.25) is 0 Å². The Morgan fingerprint density at radius 1 is 1.11 bits per heavy atom. The zero-order valence-electron chi connectivity index (χ0n) is 10.1. The Morgan fingerprint density at radius 2 is 1.83 bits per heavy atom. The average Bonchev–Trinajstić information content (AvgIpc) is 2.40. The van der Waals surface area contributed by atoms with Gasteiger partial charge in [-0.1, -0.05) is 18.2 Å². The second-order valence-electron chi connectivity index (χ2n) is 4.67. The lowest BCUT2D eigenvalue weighted by atomic mass is 9.93. The van der Waals surface area contributed by atoms with E-state index in [2.05, 4.69) is 16.4 Å². The van der Waals surface area contributed by atoms with E-state index in [1.807, 2.05) is 24.3 Å². The fourth-order valence-corrected chi connectivity index (χ4v) is 2.58. The predicted octanol–water partition coefficient (Wildman–Crippen LogP) is 2.57. The van der Waals surface area contributed by atoms with Gasteiger partial charge in [0, 0.05) is 17.0 Å². The third-order valence-electron chi connectivity index (χ3n) is 3.55. The van der Waals surface area contributed by atoms with Gasteiger partial charge in [-0.3, -0.25) is 4.79 Å². The van der Waals surface area contributed by atoms with Crippen LogP contribution in [0.5, 0.6) is 0 Å². The maximum atomic E-state index is 12.0. The average molecular weight is 309 g/mol. The second kappa shape index (κ2) is 5.67. The summed E-state index contributed by atoms with van der Waals surface area (Å²) in [5.74, 6) is 0.494. The molecule has 1 aliphatic heterocycles. The van der Waals surface area contributed by atoms with Crippen molar-refractivity contribution in [3.05, 3.63) is 46.4 Å². The minimum absolute atomic E-state index is 0. The van der Waals surface area contributed by atoms with Gasteiger partial charge >= 0.3 is 0 Å². The van der Waals surface area contributed by atoms with Gasteiger partial charge in [0.25, 0.3) is 5.56 Å². The Balaban J connectivity index is 0.00000120. The van der Waals surface area contributed by atoms with E-state index in [9.17, 15) is 4.79 Å². The minimum Gasteiger partial charge on any atom is -0.325 e. The van der Waals surface area contributed by atoms with Crippen molar-refractivity contribution < 1.29 is 0 Å². The van der Waals surface area contributed by atoms with Crippen LogP contribution in [0, 0.1) is 0 Å². The van der Waals surface area contributed by atoms with Crippen LogP contribution in [0.3, 0.4) is 0 Å². The number of fused-ring (bicyclic) bond motifs is 1. The van der Waals surface area contributed by atoms with Crippen LogP contribution in [0.15, 0.2) is 35.1 Å². The molecule has 2 heterocycles. The van der Waals surface area contributed by atoms with Crippen molar-refractivity contribution in [1.29, 1.82) is 0 Å². The summed E-state index contributed by atoms with van der Waals surface area (Å²) >= 11 is 0. The molecular weight excluding hydrogens is 292 g/mol. The molecule has 1 saturated heterocycles. The highest BCUT2D eigenvalue weighted by Crippen LogP contribution is 2.24. The van der Waals surface area contributed by atoms with Crippen LogP contribution in [0.25, 0.3) is 10.8 Å². The molecule has 0 radical (unpaired) electrons. The predicted molar refractivity (Wildman–Crippen MR) is 79.7 cm³/mol. The van der Waals surface area contributed by atoms with Crippen molar-refractivity contribution in [3.8, 4) is 0 Å². The molecule has 96 valence electrons. The summed E-state index contributed by atoms with van der Waals surface area (Å²) in [5, 5.41) is 5.17. The van der Waals surface area contributed by atoms with Gasteiger partial charge in [-0.05, 0) is 43.5 Å². The van der Waals surface area contributed by atoms with E-state index in [0.717, 1.165) is 42.4 Å². The van der Waals surface area contributed by atoms with Crippen LogP contribution in [-0.2, 0) is 0 Å². The summed E-state index contributed by atoms with van der Waals surface area (Å²) in [5.41, 5.74) is 1.13. The third-order valence-corrected chi connectivity index (χ3v) is 3.55. The topological polar surface area (TPSA) is 44.9 Å². The molecule has 1 aromatic carbocycles. The first-order valence-corrected chi connectivity index (χ1v) is 6.17. The molecule has 3 rings (SSSR count). The number of halogens is 1. The molecular formula is C14H17BrN2O. The summed E-state index contributed by atoms with van der Waals surface area (Å²) in [6.07, 6.45) is 2.21. The zero-order chi connectivity index (χ0) is 11.7. The number of rotatable bonds is 1. The molecule has 0 spiro atoms. The van der Waals surface area contributed by atoms with Gasteiger partial charge in [-0.25, -0.2) is 0 Å². The largest absolute Gasteiger partial charge is 0.325 e. The number of aromatic nitrogens is 1. The summed E-state index contributed by atoms with van der Waals surface area (Å²) in [7, 11) is 0. The lowest BCUT2D eigenvalue weighted by Crippen LogP contribution is -2.27. The molecule has 4 heteroatoms. The molecule has 0 unspecified atom stereocenters. The van der Waals surface area contributed by atoms with Crippen LogP contribution < -0.4 is 10.9 Å². The number of piperidine rings is 1. The Morgan fingerprint density at radius 3 is 2.61 bits per heavy atom. The standard InChI is InChI=1S/C14H16N2O.BrH/c17-14-12-4-2-1-3-11(12)9-13(16-14)10-5-7-15-8-6-10;/h1-4,9-10,15H,5-8H2,(H,16,17);1H. The highest BCUT2D eigenvalue weighted by Gasteiger charge is 2.16. The van der Waals surface area contributed by atoms with Crippen LogP contribution in [0.2, 0.25) is 0 Å². The number of benzene rings is 1. The third kappa shape index (κ3) is 2.49. The number of nitrogens with one attached hydrogen (secondary N) is 2. The van der Waals surface area contributed by atoms with Crippen molar-refractivity contribution in [2.75, 3.05) is 13.1 Å². The molecule has 1 aromatic heterocycles. The van der Waals surface area contributed by atoms with Crippen molar-refractivity contribution >= 4 is 27.8 Å². The van der Waals surface area contributed by atoms with E-state index in [1.165, 1.54) is 0 Å². The van der Waals surface area contributed by atoms with E-state index >= 15 is 0 Å². The molecule has 3 nitrogen and oxygen atoms in total.